The minimum Gasteiger partial charge on any atom is -0.383 e. The quantitative estimate of drug-likeness (QED) is 0.826. The van der Waals surface area contributed by atoms with Crippen LogP contribution in [-0.2, 0) is 5.41 Å². The summed E-state index contributed by atoms with van der Waals surface area (Å²) in [6.07, 6.45) is 7.49. The Morgan fingerprint density at radius 3 is 2.40 bits per heavy atom. The Hall–Kier alpha value is -1.32. The first-order valence-electron chi connectivity index (χ1n) is 7.67. The number of nitrogens with one attached hydrogen (secondary N) is 1. The summed E-state index contributed by atoms with van der Waals surface area (Å²) >= 11 is 0. The smallest absolute Gasteiger partial charge is 0.252 e. The van der Waals surface area contributed by atoms with Crippen molar-refractivity contribution in [1.29, 1.82) is 0 Å². The molecule has 0 saturated heterocycles. The van der Waals surface area contributed by atoms with Crippen molar-refractivity contribution in [3.8, 4) is 0 Å². The Labute approximate surface area is 119 Å². The molecule has 4 heteroatoms. The number of H-pyrrole nitrogens is 1. The predicted octanol–water partition coefficient (Wildman–Crippen LogP) is 2.60. The van der Waals surface area contributed by atoms with Crippen molar-refractivity contribution in [3.05, 3.63) is 22.2 Å². The van der Waals surface area contributed by atoms with E-state index >= 15 is 0 Å². The standard InChI is InChI=1S/C16H23N3O/c1-14-4-10-5-15(2,7-14)9-16(6-10,8-14)13-18-11(17)3-12(20)19-13/h3,10H,4-9H2,1-2H3,(H3,17,18,19,20). The van der Waals surface area contributed by atoms with Gasteiger partial charge in [-0.15, -0.1) is 0 Å². The molecular formula is C16H23N3O. The maximum Gasteiger partial charge on any atom is 0.252 e. The van der Waals surface area contributed by atoms with Crippen molar-refractivity contribution in [1.82, 2.24) is 9.97 Å². The highest BCUT2D eigenvalue weighted by Crippen LogP contribution is 2.69. The number of hydrogen-bond donors (Lipinski definition) is 2. The fourth-order valence-electron chi connectivity index (χ4n) is 6.44. The van der Waals surface area contributed by atoms with E-state index in [0.717, 1.165) is 24.6 Å². The van der Waals surface area contributed by atoms with Gasteiger partial charge in [-0.2, -0.15) is 0 Å². The van der Waals surface area contributed by atoms with Crippen LogP contribution >= 0.6 is 0 Å². The van der Waals surface area contributed by atoms with E-state index in [2.05, 4.69) is 23.8 Å². The van der Waals surface area contributed by atoms with Crippen LogP contribution in [0.5, 0.6) is 0 Å². The van der Waals surface area contributed by atoms with Gasteiger partial charge < -0.3 is 10.7 Å². The first kappa shape index (κ1) is 12.4. The number of aromatic nitrogens is 2. The van der Waals surface area contributed by atoms with Crippen LogP contribution in [0.1, 0.15) is 58.2 Å². The molecule has 3 N–H and O–H groups in total. The van der Waals surface area contributed by atoms with E-state index in [0.29, 0.717) is 16.6 Å². The van der Waals surface area contributed by atoms with Crippen LogP contribution in [-0.4, -0.2) is 9.97 Å². The van der Waals surface area contributed by atoms with Crippen LogP contribution in [0.4, 0.5) is 5.82 Å². The highest BCUT2D eigenvalue weighted by atomic mass is 16.1. The molecule has 0 spiro atoms. The summed E-state index contributed by atoms with van der Waals surface area (Å²) in [6, 6.07) is 1.38. The molecule has 4 nitrogen and oxygen atoms in total. The monoisotopic (exact) mass is 273 g/mol. The van der Waals surface area contributed by atoms with Gasteiger partial charge in [0.1, 0.15) is 11.6 Å². The predicted molar refractivity (Wildman–Crippen MR) is 78.4 cm³/mol. The maximum atomic E-state index is 11.8. The van der Waals surface area contributed by atoms with Crippen LogP contribution in [0.2, 0.25) is 0 Å². The zero-order valence-electron chi connectivity index (χ0n) is 12.3. The van der Waals surface area contributed by atoms with Crippen LogP contribution in [0.15, 0.2) is 10.9 Å². The molecule has 0 aliphatic heterocycles. The van der Waals surface area contributed by atoms with Gasteiger partial charge in [0.2, 0.25) is 0 Å². The van der Waals surface area contributed by atoms with Gasteiger partial charge in [-0.1, -0.05) is 13.8 Å². The largest absolute Gasteiger partial charge is 0.383 e. The van der Waals surface area contributed by atoms with E-state index in [9.17, 15) is 4.79 Å². The Balaban J connectivity index is 1.86. The minimum atomic E-state index is -0.112. The Morgan fingerprint density at radius 1 is 1.20 bits per heavy atom. The van der Waals surface area contributed by atoms with Crippen LogP contribution in [0.3, 0.4) is 0 Å². The fourth-order valence-corrected chi connectivity index (χ4v) is 6.44. The zero-order chi connectivity index (χ0) is 14.2. The first-order valence-corrected chi connectivity index (χ1v) is 7.67. The molecule has 1 aromatic rings. The van der Waals surface area contributed by atoms with Gasteiger partial charge in [0.15, 0.2) is 0 Å². The van der Waals surface area contributed by atoms with Crippen LogP contribution < -0.4 is 11.3 Å². The molecule has 108 valence electrons. The zero-order valence-corrected chi connectivity index (χ0v) is 12.3. The van der Waals surface area contributed by atoms with E-state index < -0.39 is 0 Å². The summed E-state index contributed by atoms with van der Waals surface area (Å²) in [5.41, 5.74) is 6.58. The topological polar surface area (TPSA) is 71.8 Å². The number of nitrogens with two attached hydrogens (primary N) is 1. The van der Waals surface area contributed by atoms with Crippen molar-refractivity contribution < 1.29 is 0 Å². The second-order valence-corrected chi connectivity index (χ2v) is 8.43. The number of nitrogens with zero attached hydrogens (tertiary/aromatic N) is 1. The highest BCUT2D eigenvalue weighted by molar-refractivity contribution is 5.30. The number of rotatable bonds is 1. The van der Waals surface area contributed by atoms with Crippen LogP contribution in [0, 0.1) is 16.7 Å². The van der Waals surface area contributed by atoms with Gasteiger partial charge in [-0.3, -0.25) is 4.79 Å². The molecule has 0 amide bonds. The van der Waals surface area contributed by atoms with Crippen LogP contribution in [0.25, 0.3) is 0 Å². The highest BCUT2D eigenvalue weighted by Gasteiger charge is 2.61. The molecule has 4 bridgehead atoms. The third-order valence-electron chi connectivity index (χ3n) is 5.89. The molecule has 20 heavy (non-hydrogen) atoms. The normalized spacial score (nSPS) is 45.8. The average molecular weight is 273 g/mol. The van der Waals surface area contributed by atoms with E-state index in [1.807, 2.05) is 0 Å². The molecule has 4 fully saturated rings. The first-order chi connectivity index (χ1) is 9.30. The number of anilines is 1. The van der Waals surface area contributed by atoms with Crippen molar-refractivity contribution in [2.24, 2.45) is 16.7 Å². The Kier molecular flexibility index (Phi) is 2.15. The number of nitrogen functional groups attached to an aromatic ring is 1. The lowest BCUT2D eigenvalue weighted by molar-refractivity contribution is -0.112. The molecule has 5 rings (SSSR count). The van der Waals surface area contributed by atoms with Gasteiger partial charge >= 0.3 is 0 Å². The third kappa shape index (κ3) is 1.66. The molecule has 2 atom stereocenters. The lowest BCUT2D eigenvalue weighted by Crippen LogP contribution is -2.57. The van der Waals surface area contributed by atoms with E-state index in [1.54, 1.807) is 0 Å². The maximum absolute atomic E-state index is 11.8. The molecule has 0 aromatic carbocycles. The molecule has 1 heterocycles. The third-order valence-corrected chi connectivity index (χ3v) is 5.89. The van der Waals surface area contributed by atoms with Gasteiger partial charge in [0.05, 0.1) is 0 Å². The van der Waals surface area contributed by atoms with E-state index in [1.165, 1.54) is 31.7 Å². The molecule has 2 unspecified atom stereocenters. The second kappa shape index (κ2) is 3.46. The molecule has 4 aliphatic rings. The summed E-state index contributed by atoms with van der Waals surface area (Å²) in [5, 5.41) is 0. The summed E-state index contributed by atoms with van der Waals surface area (Å²) in [4.78, 5) is 19.3. The molecule has 0 radical (unpaired) electrons. The van der Waals surface area contributed by atoms with Crippen molar-refractivity contribution in [3.63, 3.8) is 0 Å². The molecule has 4 aliphatic carbocycles. The summed E-state index contributed by atoms with van der Waals surface area (Å²) < 4.78 is 0. The Bertz CT molecular complexity index is 617. The minimum absolute atomic E-state index is 0.0530. The SMILES string of the molecule is CC12CC3CC(C)(C1)CC(c1nc(N)cc(=O)[nH]1)(C3)C2. The second-order valence-electron chi connectivity index (χ2n) is 8.43. The average Bonchev–Trinajstić information content (AvgIpc) is 2.22. The van der Waals surface area contributed by atoms with Crippen molar-refractivity contribution >= 4 is 5.82 Å². The summed E-state index contributed by atoms with van der Waals surface area (Å²) in [6.45, 7) is 4.85. The summed E-state index contributed by atoms with van der Waals surface area (Å²) in [5.74, 6) is 1.99. The number of aromatic amines is 1. The van der Waals surface area contributed by atoms with E-state index in [4.69, 9.17) is 5.73 Å². The lowest BCUT2D eigenvalue weighted by Gasteiger charge is -2.64. The molecule has 4 saturated carbocycles. The molecular weight excluding hydrogens is 250 g/mol. The van der Waals surface area contributed by atoms with Crippen molar-refractivity contribution in [2.75, 3.05) is 5.73 Å². The lowest BCUT2D eigenvalue weighted by atomic mass is 9.40. The fraction of sp³-hybridized carbons (Fsp3) is 0.750. The van der Waals surface area contributed by atoms with Gasteiger partial charge in [0, 0.05) is 11.5 Å². The number of hydrogen-bond acceptors (Lipinski definition) is 3. The Morgan fingerprint density at radius 2 is 1.85 bits per heavy atom. The van der Waals surface area contributed by atoms with E-state index in [-0.39, 0.29) is 11.0 Å². The summed E-state index contributed by atoms with van der Waals surface area (Å²) in [7, 11) is 0. The molecule has 1 aromatic heterocycles. The van der Waals surface area contributed by atoms with Gasteiger partial charge in [-0.05, 0) is 55.3 Å². The van der Waals surface area contributed by atoms with Gasteiger partial charge in [-0.25, -0.2) is 4.98 Å². The van der Waals surface area contributed by atoms with Gasteiger partial charge in [0.25, 0.3) is 5.56 Å². The van der Waals surface area contributed by atoms with Crippen molar-refractivity contribution in [2.45, 2.75) is 57.8 Å².